The lowest BCUT2D eigenvalue weighted by atomic mass is 10.0. The van der Waals surface area contributed by atoms with Crippen LogP contribution in [0.2, 0.25) is 0 Å². The van der Waals surface area contributed by atoms with E-state index in [9.17, 15) is 0 Å². The number of thiol groups is 1. The van der Waals surface area contributed by atoms with Crippen molar-refractivity contribution in [2.75, 3.05) is 0 Å². The second-order valence-electron chi connectivity index (χ2n) is 3.18. The Kier molecular flexibility index (Phi) is 3.61. The highest BCUT2D eigenvalue weighted by Gasteiger charge is 2.00. The van der Waals surface area contributed by atoms with E-state index in [-0.39, 0.29) is 0 Å². The van der Waals surface area contributed by atoms with Crippen molar-refractivity contribution >= 4 is 18.2 Å². The Balaban J connectivity index is 3.12. The van der Waals surface area contributed by atoms with Gasteiger partial charge in [0.25, 0.3) is 0 Å². The van der Waals surface area contributed by atoms with Crippen LogP contribution in [0.3, 0.4) is 0 Å². The summed E-state index contributed by atoms with van der Waals surface area (Å²) in [6, 6.07) is 6.46. The minimum atomic E-state index is 1.07. The minimum Gasteiger partial charge on any atom is -0.143 e. The Bertz CT molecular complexity index is 324. The third-order valence-electron chi connectivity index (χ3n) is 2.33. The van der Waals surface area contributed by atoms with Crippen LogP contribution in [0.5, 0.6) is 0 Å². The third-order valence-corrected chi connectivity index (χ3v) is 2.70. The van der Waals surface area contributed by atoms with E-state index in [1.165, 1.54) is 16.7 Å². The summed E-state index contributed by atoms with van der Waals surface area (Å²) >= 11 is 4.47. The number of allylic oxidation sites excluding steroid dienone is 2. The first-order valence-electron chi connectivity index (χ1n) is 4.64. The topological polar surface area (TPSA) is 0 Å². The smallest absolute Gasteiger partial charge is 0.0118 e. The van der Waals surface area contributed by atoms with E-state index >= 15 is 0 Å². The number of rotatable bonds is 2. The van der Waals surface area contributed by atoms with Crippen LogP contribution in [0.25, 0.3) is 5.57 Å². The van der Waals surface area contributed by atoms with Crippen molar-refractivity contribution in [3.05, 3.63) is 35.4 Å². The van der Waals surface area contributed by atoms with E-state index in [2.05, 4.69) is 57.7 Å². The molecule has 0 aliphatic heterocycles. The van der Waals surface area contributed by atoms with Crippen LogP contribution >= 0.6 is 12.6 Å². The molecule has 0 aromatic heterocycles. The molecular formula is C12H16S. The second kappa shape index (κ2) is 4.52. The molecule has 0 spiro atoms. The maximum Gasteiger partial charge on any atom is 0.0118 e. The Morgan fingerprint density at radius 3 is 2.62 bits per heavy atom. The lowest BCUT2D eigenvalue weighted by Crippen LogP contribution is -1.86. The van der Waals surface area contributed by atoms with Gasteiger partial charge in [0.05, 0.1) is 0 Å². The van der Waals surface area contributed by atoms with E-state index in [1.54, 1.807) is 0 Å². The van der Waals surface area contributed by atoms with Crippen molar-refractivity contribution in [1.82, 2.24) is 0 Å². The first-order chi connectivity index (χ1) is 6.19. The largest absolute Gasteiger partial charge is 0.143 e. The molecule has 0 amide bonds. The molecule has 0 unspecified atom stereocenters. The number of aryl methyl sites for hydroxylation is 1. The number of benzene rings is 1. The van der Waals surface area contributed by atoms with Crippen molar-refractivity contribution in [3.8, 4) is 0 Å². The van der Waals surface area contributed by atoms with Gasteiger partial charge >= 0.3 is 0 Å². The summed E-state index contributed by atoms with van der Waals surface area (Å²) in [7, 11) is 0. The fourth-order valence-corrected chi connectivity index (χ4v) is 1.70. The monoisotopic (exact) mass is 192 g/mol. The van der Waals surface area contributed by atoms with Crippen molar-refractivity contribution < 1.29 is 0 Å². The molecule has 1 heteroatoms. The zero-order valence-electron chi connectivity index (χ0n) is 8.46. The van der Waals surface area contributed by atoms with E-state index in [1.807, 2.05) is 0 Å². The van der Waals surface area contributed by atoms with Gasteiger partial charge in [-0.2, -0.15) is 0 Å². The van der Waals surface area contributed by atoms with Crippen molar-refractivity contribution in [2.45, 2.75) is 32.1 Å². The molecule has 0 atom stereocenters. The highest BCUT2D eigenvalue weighted by molar-refractivity contribution is 7.80. The maximum atomic E-state index is 4.47. The third kappa shape index (κ3) is 2.38. The van der Waals surface area contributed by atoms with Gasteiger partial charge in [0.15, 0.2) is 0 Å². The summed E-state index contributed by atoms with van der Waals surface area (Å²) in [6.45, 7) is 6.32. The van der Waals surface area contributed by atoms with Crippen LogP contribution in [-0.4, -0.2) is 0 Å². The molecule has 70 valence electrons. The molecule has 1 aromatic carbocycles. The zero-order chi connectivity index (χ0) is 9.84. The SMILES string of the molecule is C/C=C(\C)c1ccc(CC)cc1S. The molecule has 0 N–H and O–H groups in total. The van der Waals surface area contributed by atoms with Crippen LogP contribution in [0.4, 0.5) is 0 Å². The Hall–Kier alpha value is -0.690. The van der Waals surface area contributed by atoms with Gasteiger partial charge in [0.2, 0.25) is 0 Å². The van der Waals surface area contributed by atoms with Crippen LogP contribution in [0, 0.1) is 0 Å². The average Bonchev–Trinajstić information content (AvgIpc) is 2.16. The highest BCUT2D eigenvalue weighted by Crippen LogP contribution is 2.23. The van der Waals surface area contributed by atoms with Crippen LogP contribution < -0.4 is 0 Å². The van der Waals surface area contributed by atoms with Gasteiger partial charge in [-0.15, -0.1) is 12.6 Å². The van der Waals surface area contributed by atoms with Crippen molar-refractivity contribution in [1.29, 1.82) is 0 Å². The Labute approximate surface area is 86.1 Å². The summed E-state index contributed by atoms with van der Waals surface area (Å²) in [6.07, 6.45) is 3.18. The van der Waals surface area contributed by atoms with Crippen molar-refractivity contribution in [2.24, 2.45) is 0 Å². The average molecular weight is 192 g/mol. The molecule has 0 aliphatic carbocycles. The fourth-order valence-electron chi connectivity index (χ4n) is 1.29. The van der Waals surface area contributed by atoms with E-state index in [4.69, 9.17) is 0 Å². The molecule has 0 bridgehead atoms. The summed E-state index contributed by atoms with van der Waals surface area (Å²) in [5, 5.41) is 0. The predicted molar refractivity (Wildman–Crippen MR) is 62.4 cm³/mol. The van der Waals surface area contributed by atoms with E-state index in [0.717, 1.165) is 11.3 Å². The molecule has 0 aliphatic rings. The van der Waals surface area contributed by atoms with Crippen LogP contribution in [0.1, 0.15) is 31.9 Å². The molecule has 1 aromatic rings. The normalized spacial score (nSPS) is 11.8. The van der Waals surface area contributed by atoms with E-state index in [0.29, 0.717) is 0 Å². The van der Waals surface area contributed by atoms with Gasteiger partial charge in [-0.25, -0.2) is 0 Å². The van der Waals surface area contributed by atoms with Gasteiger partial charge in [-0.1, -0.05) is 25.1 Å². The zero-order valence-corrected chi connectivity index (χ0v) is 9.36. The lowest BCUT2D eigenvalue weighted by molar-refractivity contribution is 1.12. The fraction of sp³-hybridized carbons (Fsp3) is 0.333. The Morgan fingerprint density at radius 2 is 2.15 bits per heavy atom. The quantitative estimate of drug-likeness (QED) is 0.674. The summed E-state index contributed by atoms with van der Waals surface area (Å²) in [5.74, 6) is 0. The molecular weight excluding hydrogens is 176 g/mol. The summed E-state index contributed by atoms with van der Waals surface area (Å²) in [5.41, 5.74) is 3.87. The molecule has 13 heavy (non-hydrogen) atoms. The second-order valence-corrected chi connectivity index (χ2v) is 3.66. The first-order valence-corrected chi connectivity index (χ1v) is 5.09. The van der Waals surface area contributed by atoms with E-state index < -0.39 is 0 Å². The van der Waals surface area contributed by atoms with Gasteiger partial charge in [0, 0.05) is 4.90 Å². The summed E-state index contributed by atoms with van der Waals surface area (Å²) < 4.78 is 0. The predicted octanol–water partition coefficient (Wildman–Crippen LogP) is 3.96. The van der Waals surface area contributed by atoms with Gasteiger partial charge in [-0.05, 0) is 43.0 Å². The molecule has 0 radical (unpaired) electrons. The standard InChI is InChI=1S/C12H16S/c1-4-9(3)11-7-6-10(5-2)8-12(11)13/h4,6-8,13H,5H2,1-3H3/b9-4+. The summed E-state index contributed by atoms with van der Waals surface area (Å²) in [4.78, 5) is 1.08. The van der Waals surface area contributed by atoms with Gasteiger partial charge in [0.1, 0.15) is 0 Å². The molecule has 0 heterocycles. The van der Waals surface area contributed by atoms with Gasteiger partial charge < -0.3 is 0 Å². The van der Waals surface area contributed by atoms with Crippen molar-refractivity contribution in [3.63, 3.8) is 0 Å². The van der Waals surface area contributed by atoms with Crippen LogP contribution in [0.15, 0.2) is 29.2 Å². The highest BCUT2D eigenvalue weighted by atomic mass is 32.1. The molecule has 1 rings (SSSR count). The molecule has 0 nitrogen and oxygen atoms in total. The van der Waals surface area contributed by atoms with Gasteiger partial charge in [-0.3, -0.25) is 0 Å². The first kappa shape index (κ1) is 10.4. The van der Waals surface area contributed by atoms with Crippen LogP contribution in [-0.2, 0) is 6.42 Å². The molecule has 0 saturated heterocycles. The molecule has 0 fully saturated rings. The lowest BCUT2D eigenvalue weighted by Gasteiger charge is -2.06. The number of hydrogen-bond acceptors (Lipinski definition) is 1. The minimum absolute atomic E-state index is 1.07. The number of hydrogen-bond donors (Lipinski definition) is 1. The maximum absolute atomic E-state index is 4.47. The Morgan fingerprint density at radius 1 is 1.46 bits per heavy atom. The molecule has 0 saturated carbocycles.